The molecule has 0 aliphatic heterocycles. The lowest BCUT2D eigenvalue weighted by Gasteiger charge is -2.05. The summed E-state index contributed by atoms with van der Waals surface area (Å²) in [6.45, 7) is 0. The molecule has 2 aromatic heterocycles. The van der Waals surface area contributed by atoms with Crippen molar-refractivity contribution in [3.05, 3.63) is 83.5 Å². The van der Waals surface area contributed by atoms with Crippen LogP contribution in [0.15, 0.2) is 72.9 Å². The van der Waals surface area contributed by atoms with Crippen LogP contribution >= 0.6 is 11.6 Å². The summed E-state index contributed by atoms with van der Waals surface area (Å²) in [7, 11) is 0. The molecule has 28 heavy (non-hydrogen) atoms. The molecule has 0 bridgehead atoms. The molecule has 2 aromatic carbocycles. The van der Waals surface area contributed by atoms with Crippen LogP contribution in [-0.2, 0) is 0 Å². The Morgan fingerprint density at radius 2 is 1.79 bits per heavy atom. The molecule has 0 unspecified atom stereocenters. The number of anilines is 1. The molecular weight excluding hydrogens is 378 g/mol. The predicted octanol–water partition coefficient (Wildman–Crippen LogP) is 4.56. The Balaban J connectivity index is 1.43. The van der Waals surface area contributed by atoms with Crippen LogP contribution in [0.1, 0.15) is 10.4 Å². The fraction of sp³-hybridized carbons (Fsp3) is 0. The molecule has 2 heterocycles. The molecule has 138 valence electrons. The predicted molar refractivity (Wildman–Crippen MR) is 106 cm³/mol. The zero-order valence-corrected chi connectivity index (χ0v) is 15.2. The first-order valence-corrected chi connectivity index (χ1v) is 8.74. The molecular formula is C20H14ClN5O2. The Labute approximate surface area is 165 Å². The second-order valence-electron chi connectivity index (χ2n) is 5.74. The monoisotopic (exact) mass is 391 g/mol. The minimum Gasteiger partial charge on any atom is -0.439 e. The third-order valence-corrected chi connectivity index (χ3v) is 4.13. The van der Waals surface area contributed by atoms with E-state index in [2.05, 4.69) is 25.5 Å². The lowest BCUT2D eigenvalue weighted by molar-refractivity contribution is 0.102. The van der Waals surface area contributed by atoms with E-state index in [0.29, 0.717) is 33.6 Å². The molecule has 0 saturated carbocycles. The van der Waals surface area contributed by atoms with Crippen LogP contribution in [0.3, 0.4) is 0 Å². The lowest BCUT2D eigenvalue weighted by atomic mass is 10.2. The molecule has 0 atom stereocenters. The summed E-state index contributed by atoms with van der Waals surface area (Å²) < 4.78 is 5.61. The SMILES string of the molecule is O=C(Nc1n[nH]c(-c2ccccc2Cl)n1)c1ccc(Oc2ccccc2)nc1. The fourth-order valence-electron chi connectivity index (χ4n) is 2.45. The number of amides is 1. The number of pyridine rings is 1. The first kappa shape index (κ1) is 17.7. The molecule has 4 rings (SSSR count). The number of H-pyrrole nitrogens is 1. The van der Waals surface area contributed by atoms with Crippen LogP contribution in [0, 0.1) is 0 Å². The minimum atomic E-state index is -0.386. The number of halogens is 1. The average Bonchev–Trinajstić information content (AvgIpc) is 3.18. The summed E-state index contributed by atoms with van der Waals surface area (Å²) in [5.41, 5.74) is 1.05. The second kappa shape index (κ2) is 7.89. The molecule has 0 radical (unpaired) electrons. The number of aromatic amines is 1. The highest BCUT2D eigenvalue weighted by Crippen LogP contribution is 2.25. The van der Waals surface area contributed by atoms with Crippen molar-refractivity contribution < 1.29 is 9.53 Å². The fourth-order valence-corrected chi connectivity index (χ4v) is 2.67. The van der Waals surface area contributed by atoms with Gasteiger partial charge >= 0.3 is 0 Å². The van der Waals surface area contributed by atoms with Crippen LogP contribution in [-0.4, -0.2) is 26.1 Å². The zero-order valence-electron chi connectivity index (χ0n) is 14.5. The van der Waals surface area contributed by atoms with E-state index >= 15 is 0 Å². The van der Waals surface area contributed by atoms with Gasteiger partial charge in [-0.05, 0) is 30.3 Å². The van der Waals surface area contributed by atoms with Crippen molar-refractivity contribution in [2.24, 2.45) is 0 Å². The van der Waals surface area contributed by atoms with Crippen molar-refractivity contribution in [2.45, 2.75) is 0 Å². The van der Waals surface area contributed by atoms with E-state index in [4.69, 9.17) is 16.3 Å². The molecule has 0 spiro atoms. The Hall–Kier alpha value is -3.71. The van der Waals surface area contributed by atoms with Gasteiger partial charge in [0, 0.05) is 17.8 Å². The van der Waals surface area contributed by atoms with Gasteiger partial charge in [-0.25, -0.2) is 4.98 Å². The number of aromatic nitrogens is 4. The first-order valence-electron chi connectivity index (χ1n) is 8.36. The lowest BCUT2D eigenvalue weighted by Crippen LogP contribution is -2.13. The van der Waals surface area contributed by atoms with Crippen molar-refractivity contribution in [3.8, 4) is 23.0 Å². The van der Waals surface area contributed by atoms with E-state index in [9.17, 15) is 4.79 Å². The Kier molecular flexibility index (Phi) is 4.99. The standard InChI is InChI=1S/C20H14ClN5O2/c21-16-9-5-4-8-15(16)18-23-20(26-25-18)24-19(27)13-10-11-17(22-12-13)28-14-6-2-1-3-7-14/h1-12H,(H2,23,24,25,26,27). The molecule has 1 amide bonds. The number of benzene rings is 2. The van der Waals surface area contributed by atoms with Gasteiger partial charge in [0.1, 0.15) is 5.75 Å². The largest absolute Gasteiger partial charge is 0.439 e. The Morgan fingerprint density at radius 3 is 2.54 bits per heavy atom. The van der Waals surface area contributed by atoms with Crippen LogP contribution in [0.25, 0.3) is 11.4 Å². The highest BCUT2D eigenvalue weighted by atomic mass is 35.5. The van der Waals surface area contributed by atoms with E-state index in [1.165, 1.54) is 6.20 Å². The number of carbonyl (C=O) groups is 1. The number of para-hydroxylation sites is 1. The third-order valence-electron chi connectivity index (χ3n) is 3.80. The quantitative estimate of drug-likeness (QED) is 0.520. The van der Waals surface area contributed by atoms with Gasteiger partial charge in [0.15, 0.2) is 5.82 Å². The van der Waals surface area contributed by atoms with Crippen LogP contribution in [0.5, 0.6) is 11.6 Å². The summed E-state index contributed by atoms with van der Waals surface area (Å²) >= 11 is 6.15. The number of hydrogen-bond acceptors (Lipinski definition) is 5. The molecule has 0 aliphatic rings. The van der Waals surface area contributed by atoms with Gasteiger partial charge < -0.3 is 4.74 Å². The van der Waals surface area contributed by atoms with Crippen molar-refractivity contribution in [3.63, 3.8) is 0 Å². The van der Waals surface area contributed by atoms with E-state index in [1.807, 2.05) is 48.5 Å². The molecule has 0 saturated heterocycles. The Bertz CT molecular complexity index is 1100. The average molecular weight is 392 g/mol. The summed E-state index contributed by atoms with van der Waals surface area (Å²) in [6.07, 6.45) is 1.43. The van der Waals surface area contributed by atoms with E-state index in [0.717, 1.165) is 0 Å². The Morgan fingerprint density at radius 1 is 1.00 bits per heavy atom. The smallest absolute Gasteiger partial charge is 0.259 e. The number of ether oxygens (including phenoxy) is 1. The zero-order chi connectivity index (χ0) is 19.3. The molecule has 8 heteroatoms. The molecule has 7 nitrogen and oxygen atoms in total. The summed E-state index contributed by atoms with van der Waals surface area (Å²) in [6, 6.07) is 19.7. The number of nitrogens with zero attached hydrogens (tertiary/aromatic N) is 3. The summed E-state index contributed by atoms with van der Waals surface area (Å²) in [4.78, 5) is 20.8. The van der Waals surface area contributed by atoms with Gasteiger partial charge in [-0.3, -0.25) is 15.2 Å². The van der Waals surface area contributed by atoms with Crippen molar-refractivity contribution in [2.75, 3.05) is 5.32 Å². The molecule has 0 aliphatic carbocycles. The number of rotatable bonds is 5. The van der Waals surface area contributed by atoms with Gasteiger partial charge in [0.25, 0.3) is 5.91 Å². The number of hydrogen-bond donors (Lipinski definition) is 2. The number of carbonyl (C=O) groups excluding carboxylic acids is 1. The second-order valence-corrected chi connectivity index (χ2v) is 6.15. The van der Waals surface area contributed by atoms with E-state index < -0.39 is 0 Å². The van der Waals surface area contributed by atoms with Gasteiger partial charge in [-0.1, -0.05) is 41.9 Å². The van der Waals surface area contributed by atoms with E-state index in [-0.39, 0.29) is 11.9 Å². The van der Waals surface area contributed by atoms with Gasteiger partial charge in [0.05, 0.1) is 10.6 Å². The van der Waals surface area contributed by atoms with Crippen LogP contribution < -0.4 is 10.1 Å². The molecule has 4 aromatic rings. The normalized spacial score (nSPS) is 10.5. The van der Waals surface area contributed by atoms with Gasteiger partial charge in [-0.15, -0.1) is 5.10 Å². The minimum absolute atomic E-state index is 0.143. The molecule has 0 fully saturated rings. The highest BCUT2D eigenvalue weighted by molar-refractivity contribution is 6.33. The van der Waals surface area contributed by atoms with E-state index in [1.54, 1.807) is 18.2 Å². The van der Waals surface area contributed by atoms with Crippen molar-refractivity contribution >= 4 is 23.5 Å². The van der Waals surface area contributed by atoms with Crippen molar-refractivity contribution in [1.29, 1.82) is 0 Å². The maximum absolute atomic E-state index is 12.4. The van der Waals surface area contributed by atoms with Gasteiger partial charge in [0.2, 0.25) is 11.8 Å². The summed E-state index contributed by atoms with van der Waals surface area (Å²) in [5.74, 6) is 1.28. The number of nitrogens with one attached hydrogen (secondary N) is 2. The third kappa shape index (κ3) is 3.99. The first-order chi connectivity index (χ1) is 13.7. The topological polar surface area (TPSA) is 92.8 Å². The van der Waals surface area contributed by atoms with Crippen LogP contribution in [0.2, 0.25) is 5.02 Å². The highest BCUT2D eigenvalue weighted by Gasteiger charge is 2.13. The summed E-state index contributed by atoms with van der Waals surface area (Å²) in [5, 5.41) is 9.92. The van der Waals surface area contributed by atoms with Crippen molar-refractivity contribution in [1.82, 2.24) is 20.2 Å². The maximum Gasteiger partial charge on any atom is 0.259 e. The van der Waals surface area contributed by atoms with Crippen LogP contribution in [0.4, 0.5) is 5.95 Å². The molecule has 2 N–H and O–H groups in total. The maximum atomic E-state index is 12.4. The van der Waals surface area contributed by atoms with Gasteiger partial charge in [-0.2, -0.15) is 4.98 Å².